The Hall–Kier alpha value is -2.35. The summed E-state index contributed by atoms with van der Waals surface area (Å²) in [5.41, 5.74) is 12.1. The molecule has 2 nitrogen and oxygen atoms in total. The van der Waals surface area contributed by atoms with Crippen LogP contribution in [0.1, 0.15) is 73.0 Å². The molecule has 0 aliphatic carbocycles. The van der Waals surface area contributed by atoms with Gasteiger partial charge in [-0.3, -0.25) is 0 Å². The lowest BCUT2D eigenvalue weighted by molar-refractivity contribution is -0.660. The van der Waals surface area contributed by atoms with Crippen molar-refractivity contribution >= 4 is 0 Å². The first-order valence-electron chi connectivity index (χ1n) is 10.4. The molecule has 2 aromatic heterocycles. The molecule has 0 aliphatic rings. The summed E-state index contributed by atoms with van der Waals surface area (Å²) < 4.78 is 4.79. The summed E-state index contributed by atoms with van der Waals surface area (Å²) in [4.78, 5) is 0. The van der Waals surface area contributed by atoms with Gasteiger partial charge in [0.1, 0.15) is 12.7 Å². The van der Waals surface area contributed by atoms with Crippen molar-refractivity contribution in [3.8, 4) is 17.1 Å². The molecule has 0 atom stereocenters. The maximum absolute atomic E-state index is 2.53. The highest BCUT2D eigenvalue weighted by Gasteiger charge is 2.26. The average molecular weight is 376 g/mol. The number of aryl methyl sites for hydroxylation is 2. The molecule has 0 fully saturated rings. The SMILES string of the molecule is Cc1ccc(-c2c(C)c(C)c(C)n2-c2c(C(C)C)cccc2C(C)C)[n+](C)c1. The van der Waals surface area contributed by atoms with Crippen LogP contribution in [0.5, 0.6) is 0 Å². The quantitative estimate of drug-likeness (QED) is 0.463. The van der Waals surface area contributed by atoms with Gasteiger partial charge in [-0.1, -0.05) is 45.9 Å². The van der Waals surface area contributed by atoms with Crippen LogP contribution in [-0.4, -0.2) is 4.57 Å². The van der Waals surface area contributed by atoms with E-state index in [1.54, 1.807) is 0 Å². The first-order chi connectivity index (χ1) is 13.1. The van der Waals surface area contributed by atoms with Crippen molar-refractivity contribution in [2.45, 2.75) is 67.2 Å². The summed E-state index contributed by atoms with van der Waals surface area (Å²) in [5, 5.41) is 0. The normalized spacial score (nSPS) is 11.7. The van der Waals surface area contributed by atoms with Crippen LogP contribution in [0.2, 0.25) is 0 Å². The lowest BCUT2D eigenvalue weighted by Gasteiger charge is -2.23. The largest absolute Gasteiger partial charge is 0.308 e. The maximum Gasteiger partial charge on any atom is 0.229 e. The van der Waals surface area contributed by atoms with Crippen LogP contribution in [0, 0.1) is 27.7 Å². The van der Waals surface area contributed by atoms with E-state index in [-0.39, 0.29) is 0 Å². The Balaban J connectivity index is 2.47. The van der Waals surface area contributed by atoms with Crippen LogP contribution < -0.4 is 4.57 Å². The van der Waals surface area contributed by atoms with E-state index in [9.17, 15) is 0 Å². The van der Waals surface area contributed by atoms with Crippen LogP contribution in [0.4, 0.5) is 0 Å². The zero-order valence-corrected chi connectivity index (χ0v) is 19.0. The number of hydrogen-bond acceptors (Lipinski definition) is 0. The third kappa shape index (κ3) is 3.30. The van der Waals surface area contributed by atoms with Gasteiger partial charge in [-0.25, -0.2) is 0 Å². The van der Waals surface area contributed by atoms with Crippen molar-refractivity contribution in [1.82, 2.24) is 4.57 Å². The van der Waals surface area contributed by atoms with E-state index in [2.05, 4.69) is 108 Å². The van der Waals surface area contributed by atoms with Crippen molar-refractivity contribution in [1.29, 1.82) is 0 Å². The maximum atomic E-state index is 2.53. The monoisotopic (exact) mass is 375 g/mol. The Morgan fingerprint density at radius 2 is 1.36 bits per heavy atom. The van der Waals surface area contributed by atoms with Crippen molar-refractivity contribution in [2.75, 3.05) is 0 Å². The fourth-order valence-electron chi connectivity index (χ4n) is 4.30. The van der Waals surface area contributed by atoms with Gasteiger partial charge in [0.15, 0.2) is 6.20 Å². The number of aromatic nitrogens is 2. The Morgan fingerprint density at radius 1 is 0.786 bits per heavy atom. The zero-order chi connectivity index (χ0) is 20.7. The lowest BCUT2D eigenvalue weighted by Crippen LogP contribution is -2.32. The number of rotatable bonds is 4. The summed E-state index contributed by atoms with van der Waals surface area (Å²) in [5.74, 6) is 0.937. The van der Waals surface area contributed by atoms with E-state index in [1.165, 1.54) is 50.6 Å². The van der Waals surface area contributed by atoms with Gasteiger partial charge in [0.05, 0.1) is 5.69 Å². The molecule has 0 radical (unpaired) electrons. The minimum absolute atomic E-state index is 0.468. The van der Waals surface area contributed by atoms with Crippen molar-refractivity contribution in [3.05, 3.63) is 70.0 Å². The minimum Gasteiger partial charge on any atom is -0.308 e. The van der Waals surface area contributed by atoms with Crippen LogP contribution in [0.25, 0.3) is 17.1 Å². The molecule has 0 amide bonds. The second kappa shape index (κ2) is 7.58. The van der Waals surface area contributed by atoms with Gasteiger partial charge in [-0.05, 0) is 67.9 Å². The highest BCUT2D eigenvalue weighted by atomic mass is 15.1. The van der Waals surface area contributed by atoms with Gasteiger partial charge >= 0.3 is 0 Å². The molecule has 1 aromatic carbocycles. The van der Waals surface area contributed by atoms with E-state index < -0.39 is 0 Å². The highest BCUT2D eigenvalue weighted by molar-refractivity contribution is 5.68. The lowest BCUT2D eigenvalue weighted by atomic mass is 9.92. The van der Waals surface area contributed by atoms with Crippen LogP contribution in [0.3, 0.4) is 0 Å². The molecule has 0 spiro atoms. The standard InChI is InChI=1S/C26H35N2/c1-16(2)22-11-10-12-23(17(3)4)26(22)28-21(8)19(6)20(7)25(28)24-14-13-18(5)15-27(24)9/h10-17H,1-9H3/q+1. The summed E-state index contributed by atoms with van der Waals surface area (Å²) in [6.45, 7) is 18.1. The fourth-order valence-corrected chi connectivity index (χ4v) is 4.30. The average Bonchev–Trinajstić information content (AvgIpc) is 2.85. The Bertz CT molecular complexity index is 993. The van der Waals surface area contributed by atoms with E-state index in [1.807, 2.05) is 0 Å². The van der Waals surface area contributed by atoms with E-state index >= 15 is 0 Å². The van der Waals surface area contributed by atoms with Gasteiger partial charge < -0.3 is 4.57 Å². The van der Waals surface area contributed by atoms with Gasteiger partial charge in [0, 0.05) is 17.3 Å². The topological polar surface area (TPSA) is 8.81 Å². The van der Waals surface area contributed by atoms with E-state index in [0.717, 1.165) is 0 Å². The van der Waals surface area contributed by atoms with E-state index in [0.29, 0.717) is 11.8 Å². The number of hydrogen-bond donors (Lipinski definition) is 0. The van der Waals surface area contributed by atoms with E-state index in [4.69, 9.17) is 0 Å². The molecule has 0 saturated heterocycles. The molecule has 28 heavy (non-hydrogen) atoms. The Labute approximate surface area is 170 Å². The number of pyridine rings is 1. The Morgan fingerprint density at radius 3 is 1.86 bits per heavy atom. The molecular formula is C26H35N2+. The predicted molar refractivity (Wildman–Crippen MR) is 120 cm³/mol. The smallest absolute Gasteiger partial charge is 0.229 e. The molecule has 148 valence electrons. The molecule has 3 aromatic rings. The predicted octanol–water partition coefficient (Wildman–Crippen LogP) is 6.45. The molecule has 0 saturated carbocycles. The van der Waals surface area contributed by atoms with Gasteiger partial charge in [-0.2, -0.15) is 4.57 Å². The van der Waals surface area contributed by atoms with Gasteiger partial charge in [-0.15, -0.1) is 0 Å². The third-order valence-corrected chi connectivity index (χ3v) is 6.11. The molecule has 0 aliphatic heterocycles. The number of nitrogens with zero attached hydrogens (tertiary/aromatic N) is 2. The van der Waals surface area contributed by atoms with Gasteiger partial charge in [0.2, 0.25) is 5.69 Å². The van der Waals surface area contributed by atoms with Crippen LogP contribution in [0.15, 0.2) is 36.5 Å². The number of benzene rings is 1. The second-order valence-electron chi connectivity index (χ2n) is 8.82. The first-order valence-corrected chi connectivity index (χ1v) is 10.4. The molecule has 0 bridgehead atoms. The molecule has 3 rings (SSSR count). The molecular weight excluding hydrogens is 340 g/mol. The fraction of sp³-hybridized carbons (Fsp3) is 0.423. The minimum atomic E-state index is 0.468. The molecule has 0 unspecified atom stereocenters. The molecule has 2 heterocycles. The second-order valence-corrected chi connectivity index (χ2v) is 8.82. The summed E-state index contributed by atoms with van der Waals surface area (Å²) in [6, 6.07) is 11.3. The first kappa shape index (κ1) is 20.4. The zero-order valence-electron chi connectivity index (χ0n) is 19.0. The van der Waals surface area contributed by atoms with Crippen molar-refractivity contribution < 1.29 is 4.57 Å². The number of para-hydroxylation sites is 1. The van der Waals surface area contributed by atoms with Crippen molar-refractivity contribution in [3.63, 3.8) is 0 Å². The summed E-state index contributed by atoms with van der Waals surface area (Å²) in [7, 11) is 2.15. The van der Waals surface area contributed by atoms with Crippen molar-refractivity contribution in [2.24, 2.45) is 7.05 Å². The molecule has 2 heteroatoms. The summed E-state index contributed by atoms with van der Waals surface area (Å²) in [6.07, 6.45) is 2.22. The summed E-state index contributed by atoms with van der Waals surface area (Å²) >= 11 is 0. The van der Waals surface area contributed by atoms with Gasteiger partial charge in [0.25, 0.3) is 0 Å². The molecule has 0 N–H and O–H groups in total. The van der Waals surface area contributed by atoms with Crippen LogP contribution in [-0.2, 0) is 7.05 Å². The highest BCUT2D eigenvalue weighted by Crippen LogP contribution is 2.38. The van der Waals surface area contributed by atoms with Crippen LogP contribution >= 0.6 is 0 Å². The Kier molecular flexibility index (Phi) is 5.52. The third-order valence-electron chi connectivity index (χ3n) is 6.11.